The van der Waals surface area contributed by atoms with Gasteiger partial charge in [-0.25, -0.2) is 0 Å². The second-order valence-electron chi connectivity index (χ2n) is 8.98. The molecule has 2 aliphatic carbocycles. The molecule has 0 saturated heterocycles. The van der Waals surface area contributed by atoms with Gasteiger partial charge in [-0.15, -0.1) is 0 Å². The van der Waals surface area contributed by atoms with Crippen molar-refractivity contribution < 1.29 is 0 Å². The van der Waals surface area contributed by atoms with Gasteiger partial charge in [0.25, 0.3) is 0 Å². The Morgan fingerprint density at radius 1 is 0.667 bits per heavy atom. The van der Waals surface area contributed by atoms with Gasteiger partial charge in [0.1, 0.15) is 0 Å². The van der Waals surface area contributed by atoms with Crippen LogP contribution in [-0.2, 0) is 5.41 Å². The first kappa shape index (κ1) is 17.8. The van der Waals surface area contributed by atoms with Gasteiger partial charge in [-0.3, -0.25) is 0 Å². The van der Waals surface area contributed by atoms with Gasteiger partial charge in [-0.1, -0.05) is 86.0 Å². The normalized spacial score (nSPS) is 16.4. The Balaban J connectivity index is 1.51. The fourth-order valence-electron chi connectivity index (χ4n) is 5.99. The summed E-state index contributed by atoms with van der Waals surface area (Å²) in [6.45, 7) is 0. The Bertz CT molecular complexity index is 1240. The number of fused-ring (bicyclic) bond motifs is 6. The van der Waals surface area contributed by atoms with Gasteiger partial charge >= 0.3 is 0 Å². The predicted octanol–water partition coefficient (Wildman–Crippen LogP) is 7.84. The maximum absolute atomic E-state index is 2.49. The van der Waals surface area contributed by atoms with Gasteiger partial charge in [0, 0.05) is 29.2 Å². The van der Waals surface area contributed by atoms with Gasteiger partial charge in [-0.05, 0) is 58.7 Å². The summed E-state index contributed by atoms with van der Waals surface area (Å²) in [6, 6.07) is 31.6. The average molecular weight is 390 g/mol. The highest BCUT2D eigenvalue weighted by Crippen LogP contribution is 2.56. The van der Waals surface area contributed by atoms with E-state index in [0.717, 1.165) is 0 Å². The van der Waals surface area contributed by atoms with E-state index >= 15 is 0 Å². The minimum atomic E-state index is 0.208. The van der Waals surface area contributed by atoms with E-state index in [1.165, 1.54) is 65.4 Å². The van der Waals surface area contributed by atoms with E-state index in [-0.39, 0.29) is 5.41 Å². The van der Waals surface area contributed by atoms with E-state index in [1.807, 2.05) is 0 Å². The van der Waals surface area contributed by atoms with Gasteiger partial charge in [0.2, 0.25) is 0 Å². The molecular weight excluding hydrogens is 362 g/mol. The molecule has 6 rings (SSSR count). The highest BCUT2D eigenvalue weighted by molar-refractivity contribution is 5.96. The van der Waals surface area contributed by atoms with Crippen molar-refractivity contribution in [3.8, 4) is 11.1 Å². The Hall–Kier alpha value is -3.06. The smallest absolute Gasteiger partial charge is 0.0487 e. The van der Waals surface area contributed by atoms with E-state index in [1.54, 1.807) is 11.1 Å². The molecule has 1 spiro atoms. The molecule has 4 aromatic rings. The SMILES string of the molecule is CN(c1ccc2c(c1)C1(CCCCC1)c1ccccc1-2)c1cccc2ccccc12. The topological polar surface area (TPSA) is 3.24 Å². The summed E-state index contributed by atoms with van der Waals surface area (Å²) in [5, 5.41) is 2.60. The van der Waals surface area contributed by atoms with Crippen molar-refractivity contribution in [2.45, 2.75) is 37.5 Å². The van der Waals surface area contributed by atoms with Crippen molar-refractivity contribution in [1.82, 2.24) is 0 Å². The summed E-state index contributed by atoms with van der Waals surface area (Å²) in [5.41, 5.74) is 8.76. The monoisotopic (exact) mass is 389 g/mol. The van der Waals surface area contributed by atoms with E-state index in [4.69, 9.17) is 0 Å². The van der Waals surface area contributed by atoms with Crippen LogP contribution >= 0.6 is 0 Å². The minimum absolute atomic E-state index is 0.208. The minimum Gasteiger partial charge on any atom is -0.344 e. The van der Waals surface area contributed by atoms with Crippen molar-refractivity contribution in [2.75, 3.05) is 11.9 Å². The Morgan fingerprint density at radius 2 is 1.40 bits per heavy atom. The zero-order valence-electron chi connectivity index (χ0n) is 17.6. The number of nitrogens with zero attached hydrogens (tertiary/aromatic N) is 1. The lowest BCUT2D eigenvalue weighted by atomic mass is 9.68. The molecule has 0 unspecified atom stereocenters. The average Bonchev–Trinajstić information content (AvgIpc) is 3.08. The molecule has 30 heavy (non-hydrogen) atoms. The lowest BCUT2D eigenvalue weighted by Gasteiger charge is -2.36. The van der Waals surface area contributed by atoms with Crippen LogP contribution in [0.4, 0.5) is 11.4 Å². The van der Waals surface area contributed by atoms with Gasteiger partial charge in [0.15, 0.2) is 0 Å². The number of benzene rings is 4. The summed E-state index contributed by atoms with van der Waals surface area (Å²) in [6.07, 6.45) is 6.58. The summed E-state index contributed by atoms with van der Waals surface area (Å²) >= 11 is 0. The Morgan fingerprint density at radius 3 is 2.30 bits per heavy atom. The molecule has 4 aromatic carbocycles. The van der Waals surface area contributed by atoms with Crippen molar-refractivity contribution >= 4 is 22.1 Å². The molecule has 1 fully saturated rings. The standard InChI is InChI=1S/C29H27N/c1-30(28-15-9-11-21-10-3-4-12-23(21)28)22-16-17-25-24-13-5-6-14-26(24)29(27(25)20-22)18-7-2-8-19-29/h3-6,9-17,20H,2,7-8,18-19H2,1H3. The number of anilines is 2. The van der Waals surface area contributed by atoms with Crippen molar-refractivity contribution in [3.05, 3.63) is 96.1 Å². The molecule has 1 heteroatoms. The number of hydrogen-bond donors (Lipinski definition) is 0. The molecule has 0 aliphatic heterocycles. The molecule has 1 saturated carbocycles. The van der Waals surface area contributed by atoms with Crippen LogP contribution in [0, 0.1) is 0 Å². The van der Waals surface area contributed by atoms with Crippen LogP contribution in [0.3, 0.4) is 0 Å². The van der Waals surface area contributed by atoms with E-state index in [0.29, 0.717) is 0 Å². The molecule has 0 amide bonds. The fraction of sp³-hybridized carbons (Fsp3) is 0.241. The molecule has 0 atom stereocenters. The quantitative estimate of drug-likeness (QED) is 0.337. The predicted molar refractivity (Wildman–Crippen MR) is 128 cm³/mol. The van der Waals surface area contributed by atoms with Crippen LogP contribution in [0.5, 0.6) is 0 Å². The summed E-state index contributed by atoms with van der Waals surface area (Å²) in [5.74, 6) is 0. The lowest BCUT2D eigenvalue weighted by molar-refractivity contribution is 0.353. The highest BCUT2D eigenvalue weighted by atomic mass is 15.1. The summed E-state index contributed by atoms with van der Waals surface area (Å²) < 4.78 is 0. The molecule has 2 aliphatic rings. The second kappa shape index (κ2) is 6.74. The first-order valence-corrected chi connectivity index (χ1v) is 11.2. The maximum Gasteiger partial charge on any atom is 0.0487 e. The largest absolute Gasteiger partial charge is 0.344 e. The third-order valence-electron chi connectivity index (χ3n) is 7.47. The third-order valence-corrected chi connectivity index (χ3v) is 7.47. The van der Waals surface area contributed by atoms with E-state index < -0.39 is 0 Å². The van der Waals surface area contributed by atoms with Crippen LogP contribution in [0.15, 0.2) is 84.9 Å². The molecule has 0 N–H and O–H groups in total. The highest BCUT2D eigenvalue weighted by Gasteiger charge is 2.43. The lowest BCUT2D eigenvalue weighted by Crippen LogP contribution is -2.28. The maximum atomic E-state index is 2.49. The van der Waals surface area contributed by atoms with Crippen LogP contribution in [0.1, 0.15) is 43.2 Å². The first-order chi connectivity index (χ1) is 14.8. The zero-order chi connectivity index (χ0) is 20.1. The van der Waals surface area contributed by atoms with E-state index in [9.17, 15) is 0 Å². The van der Waals surface area contributed by atoms with Crippen molar-refractivity contribution in [1.29, 1.82) is 0 Å². The summed E-state index contributed by atoms with van der Waals surface area (Å²) in [4.78, 5) is 2.36. The van der Waals surface area contributed by atoms with Gasteiger partial charge in [-0.2, -0.15) is 0 Å². The van der Waals surface area contributed by atoms with Crippen LogP contribution in [-0.4, -0.2) is 7.05 Å². The first-order valence-electron chi connectivity index (χ1n) is 11.2. The van der Waals surface area contributed by atoms with Gasteiger partial charge in [0.05, 0.1) is 0 Å². The second-order valence-corrected chi connectivity index (χ2v) is 8.98. The molecule has 0 aromatic heterocycles. The molecule has 0 radical (unpaired) electrons. The van der Waals surface area contributed by atoms with Crippen molar-refractivity contribution in [3.63, 3.8) is 0 Å². The fourth-order valence-corrected chi connectivity index (χ4v) is 5.99. The number of hydrogen-bond acceptors (Lipinski definition) is 1. The van der Waals surface area contributed by atoms with Crippen LogP contribution in [0.2, 0.25) is 0 Å². The molecule has 0 bridgehead atoms. The number of rotatable bonds is 2. The Labute approximate surface area is 179 Å². The van der Waals surface area contributed by atoms with Crippen molar-refractivity contribution in [2.24, 2.45) is 0 Å². The van der Waals surface area contributed by atoms with E-state index in [2.05, 4.69) is 96.9 Å². The molecular formula is C29H27N. The molecule has 1 nitrogen and oxygen atoms in total. The third kappa shape index (κ3) is 2.48. The van der Waals surface area contributed by atoms with Gasteiger partial charge < -0.3 is 4.90 Å². The molecule has 0 heterocycles. The van der Waals surface area contributed by atoms with Crippen LogP contribution in [0.25, 0.3) is 21.9 Å². The zero-order valence-corrected chi connectivity index (χ0v) is 17.6. The van der Waals surface area contributed by atoms with Crippen LogP contribution < -0.4 is 4.90 Å². The molecule has 148 valence electrons. The Kier molecular flexibility index (Phi) is 3.99. The summed E-state index contributed by atoms with van der Waals surface area (Å²) in [7, 11) is 2.21.